The molecule has 1 saturated carbocycles. The van der Waals surface area contributed by atoms with Gasteiger partial charge in [0.25, 0.3) is 0 Å². The minimum atomic E-state index is -0.455. The van der Waals surface area contributed by atoms with Crippen LogP contribution in [0.5, 0.6) is 0 Å². The van der Waals surface area contributed by atoms with Crippen LogP contribution >= 0.6 is 0 Å². The van der Waals surface area contributed by atoms with Crippen LogP contribution in [0.2, 0.25) is 0 Å². The lowest BCUT2D eigenvalue weighted by Crippen LogP contribution is -2.18. The fourth-order valence-corrected chi connectivity index (χ4v) is 2.03. The van der Waals surface area contributed by atoms with E-state index in [0.717, 1.165) is 19.3 Å². The predicted octanol–water partition coefficient (Wildman–Crippen LogP) is 1.80. The van der Waals surface area contributed by atoms with E-state index in [1.165, 1.54) is 12.1 Å². The molecule has 0 bridgehead atoms. The highest BCUT2D eigenvalue weighted by atomic mass is 16.6. The lowest BCUT2D eigenvalue weighted by Gasteiger charge is -2.15. The van der Waals surface area contributed by atoms with Crippen molar-refractivity contribution in [3.63, 3.8) is 0 Å². The smallest absolute Gasteiger partial charge is 0.311 e. The molecule has 0 radical (unpaired) electrons. The molecule has 1 fully saturated rings. The van der Waals surface area contributed by atoms with E-state index in [1.54, 1.807) is 7.11 Å². The van der Waals surface area contributed by atoms with Gasteiger partial charge in [-0.25, -0.2) is 4.98 Å². The first kappa shape index (κ1) is 13.5. The lowest BCUT2D eigenvalue weighted by molar-refractivity contribution is -0.384. The molecule has 1 aliphatic carbocycles. The average Bonchev–Trinajstić information content (AvgIpc) is 3.14. The Kier molecular flexibility index (Phi) is 3.84. The summed E-state index contributed by atoms with van der Waals surface area (Å²) in [5.74, 6) is 0.517. The standard InChI is InChI=1S/C12H18N4O3/c1-19-7-6-12(4-5-12)8-14-11-9(16(17)18)2-3-10(13)15-11/h2-3H,4-8H2,1H3,(H3,13,14,15). The number of hydrogen-bond acceptors (Lipinski definition) is 6. The Morgan fingerprint density at radius 1 is 1.58 bits per heavy atom. The number of ether oxygens (including phenoxy) is 1. The highest BCUT2D eigenvalue weighted by Gasteiger charge is 2.42. The van der Waals surface area contributed by atoms with Crippen LogP contribution in [-0.4, -0.2) is 30.2 Å². The van der Waals surface area contributed by atoms with E-state index in [4.69, 9.17) is 10.5 Å². The first-order chi connectivity index (χ1) is 9.06. The van der Waals surface area contributed by atoms with Gasteiger partial charge in [-0.05, 0) is 30.7 Å². The number of hydrogen-bond donors (Lipinski definition) is 2. The molecule has 0 spiro atoms. The van der Waals surface area contributed by atoms with Crippen LogP contribution < -0.4 is 11.1 Å². The number of nitrogen functional groups attached to an aromatic ring is 1. The van der Waals surface area contributed by atoms with E-state index < -0.39 is 4.92 Å². The molecule has 3 N–H and O–H groups in total. The molecule has 0 saturated heterocycles. The third kappa shape index (κ3) is 3.31. The number of aromatic nitrogens is 1. The van der Waals surface area contributed by atoms with Crippen LogP contribution in [0.3, 0.4) is 0 Å². The topological polar surface area (TPSA) is 103 Å². The largest absolute Gasteiger partial charge is 0.385 e. The van der Waals surface area contributed by atoms with Gasteiger partial charge >= 0.3 is 5.69 Å². The molecule has 1 aliphatic rings. The maximum absolute atomic E-state index is 10.9. The van der Waals surface area contributed by atoms with Crippen LogP contribution in [0.4, 0.5) is 17.3 Å². The summed E-state index contributed by atoms with van der Waals surface area (Å²) in [6, 6.07) is 2.81. The van der Waals surface area contributed by atoms with Crippen LogP contribution in [-0.2, 0) is 4.74 Å². The Bertz CT molecular complexity index is 474. The van der Waals surface area contributed by atoms with Gasteiger partial charge in [0.2, 0.25) is 5.82 Å². The van der Waals surface area contributed by atoms with Gasteiger partial charge in [0.1, 0.15) is 5.82 Å². The fourth-order valence-electron chi connectivity index (χ4n) is 2.03. The molecule has 0 aromatic carbocycles. The maximum Gasteiger partial charge on any atom is 0.311 e. The van der Waals surface area contributed by atoms with Gasteiger partial charge in [-0.3, -0.25) is 10.1 Å². The summed E-state index contributed by atoms with van der Waals surface area (Å²) in [4.78, 5) is 14.5. The summed E-state index contributed by atoms with van der Waals surface area (Å²) in [7, 11) is 1.67. The molecule has 0 unspecified atom stereocenters. The van der Waals surface area contributed by atoms with Crippen molar-refractivity contribution in [2.24, 2.45) is 5.41 Å². The summed E-state index contributed by atoms with van der Waals surface area (Å²) in [6.45, 7) is 1.36. The molecule has 1 aromatic heterocycles. The maximum atomic E-state index is 10.9. The van der Waals surface area contributed by atoms with E-state index >= 15 is 0 Å². The molecule has 0 atom stereocenters. The number of nitrogens with two attached hydrogens (primary N) is 1. The molecular formula is C12H18N4O3. The monoisotopic (exact) mass is 266 g/mol. The molecule has 0 aliphatic heterocycles. The van der Waals surface area contributed by atoms with E-state index in [-0.39, 0.29) is 22.7 Å². The summed E-state index contributed by atoms with van der Waals surface area (Å²) >= 11 is 0. The third-order valence-electron chi connectivity index (χ3n) is 3.52. The number of pyridine rings is 1. The summed E-state index contributed by atoms with van der Waals surface area (Å²) in [5.41, 5.74) is 5.72. The lowest BCUT2D eigenvalue weighted by atomic mass is 10.0. The molecule has 7 heteroatoms. The van der Waals surface area contributed by atoms with Gasteiger partial charge in [0.15, 0.2) is 0 Å². The van der Waals surface area contributed by atoms with E-state index in [9.17, 15) is 10.1 Å². The second-order valence-corrected chi connectivity index (χ2v) is 4.96. The van der Waals surface area contributed by atoms with Gasteiger partial charge in [-0.15, -0.1) is 0 Å². The Labute approximate surface area is 111 Å². The Morgan fingerprint density at radius 3 is 2.89 bits per heavy atom. The van der Waals surface area contributed by atoms with Gasteiger partial charge in [-0.2, -0.15) is 0 Å². The normalized spacial score (nSPS) is 16.1. The Morgan fingerprint density at radius 2 is 2.32 bits per heavy atom. The zero-order valence-corrected chi connectivity index (χ0v) is 10.9. The molecule has 104 valence electrons. The summed E-state index contributed by atoms with van der Waals surface area (Å²) in [5, 5.41) is 14.0. The van der Waals surface area contributed by atoms with E-state index in [1.807, 2.05) is 0 Å². The van der Waals surface area contributed by atoms with Crippen molar-refractivity contribution in [1.29, 1.82) is 0 Å². The Balaban J connectivity index is 2.03. The SMILES string of the molecule is COCCC1(CNc2nc(N)ccc2[N+](=O)[O-])CC1. The van der Waals surface area contributed by atoms with Crippen molar-refractivity contribution in [3.05, 3.63) is 22.2 Å². The summed E-state index contributed by atoms with van der Waals surface area (Å²) < 4.78 is 5.08. The minimum absolute atomic E-state index is 0.0447. The summed E-state index contributed by atoms with van der Waals surface area (Å²) in [6.07, 6.45) is 3.17. The molecule has 7 nitrogen and oxygen atoms in total. The molecule has 2 rings (SSSR count). The molecule has 1 aromatic rings. The number of nitro groups is 1. The fraction of sp³-hybridized carbons (Fsp3) is 0.583. The van der Waals surface area contributed by atoms with Crippen LogP contribution in [0.15, 0.2) is 12.1 Å². The number of nitrogens with zero attached hydrogens (tertiary/aromatic N) is 2. The molecule has 1 heterocycles. The molecule has 0 amide bonds. The highest BCUT2D eigenvalue weighted by Crippen LogP contribution is 2.48. The second-order valence-electron chi connectivity index (χ2n) is 4.96. The van der Waals surface area contributed by atoms with Gasteiger partial charge in [0, 0.05) is 26.3 Å². The third-order valence-corrected chi connectivity index (χ3v) is 3.52. The van der Waals surface area contributed by atoms with Crippen molar-refractivity contribution < 1.29 is 9.66 Å². The Hall–Kier alpha value is -1.89. The first-order valence-corrected chi connectivity index (χ1v) is 6.20. The minimum Gasteiger partial charge on any atom is -0.385 e. The average molecular weight is 266 g/mol. The number of rotatable bonds is 7. The van der Waals surface area contributed by atoms with Gasteiger partial charge in [-0.1, -0.05) is 0 Å². The van der Waals surface area contributed by atoms with Crippen LogP contribution in [0, 0.1) is 15.5 Å². The highest BCUT2D eigenvalue weighted by molar-refractivity contribution is 5.59. The zero-order valence-electron chi connectivity index (χ0n) is 10.9. The molecule has 19 heavy (non-hydrogen) atoms. The van der Waals surface area contributed by atoms with Crippen molar-refractivity contribution >= 4 is 17.3 Å². The van der Waals surface area contributed by atoms with Crippen molar-refractivity contribution in [2.75, 3.05) is 31.3 Å². The van der Waals surface area contributed by atoms with E-state index in [0.29, 0.717) is 13.2 Å². The first-order valence-electron chi connectivity index (χ1n) is 6.20. The van der Waals surface area contributed by atoms with Crippen LogP contribution in [0.25, 0.3) is 0 Å². The number of methoxy groups -OCH3 is 1. The van der Waals surface area contributed by atoms with E-state index in [2.05, 4.69) is 10.3 Å². The van der Waals surface area contributed by atoms with Gasteiger partial charge in [0.05, 0.1) is 4.92 Å². The molecular weight excluding hydrogens is 248 g/mol. The van der Waals surface area contributed by atoms with Crippen molar-refractivity contribution in [1.82, 2.24) is 4.98 Å². The van der Waals surface area contributed by atoms with Crippen molar-refractivity contribution in [2.45, 2.75) is 19.3 Å². The van der Waals surface area contributed by atoms with Crippen LogP contribution in [0.1, 0.15) is 19.3 Å². The predicted molar refractivity (Wildman–Crippen MR) is 72.0 cm³/mol. The number of anilines is 2. The zero-order chi connectivity index (χ0) is 13.9. The second kappa shape index (κ2) is 5.40. The van der Waals surface area contributed by atoms with Gasteiger partial charge < -0.3 is 15.8 Å². The van der Waals surface area contributed by atoms with Crippen molar-refractivity contribution in [3.8, 4) is 0 Å². The number of nitrogens with one attached hydrogen (secondary N) is 1. The quantitative estimate of drug-likeness (QED) is 0.576.